The molecule has 2 saturated heterocycles. The van der Waals surface area contributed by atoms with Gasteiger partial charge in [-0.15, -0.1) is 0 Å². The first-order valence-corrected chi connectivity index (χ1v) is 10.3. The van der Waals surface area contributed by atoms with Crippen molar-refractivity contribution in [3.05, 3.63) is 34.9 Å². The van der Waals surface area contributed by atoms with Gasteiger partial charge in [0.1, 0.15) is 6.04 Å². The maximum absolute atomic E-state index is 12.9. The molecule has 3 fully saturated rings. The summed E-state index contributed by atoms with van der Waals surface area (Å²) in [5, 5.41) is 9.55. The van der Waals surface area contributed by atoms with Crippen molar-refractivity contribution >= 4 is 17.7 Å². The molecule has 1 aliphatic carbocycles. The van der Waals surface area contributed by atoms with Crippen LogP contribution in [0.25, 0.3) is 0 Å². The van der Waals surface area contributed by atoms with Gasteiger partial charge in [-0.25, -0.2) is 0 Å². The fourth-order valence-electron chi connectivity index (χ4n) is 5.04. The molecule has 0 bridgehead atoms. The van der Waals surface area contributed by atoms with Crippen LogP contribution in [-0.4, -0.2) is 47.3 Å². The number of imide groups is 1. The zero-order valence-electron chi connectivity index (χ0n) is 15.9. The van der Waals surface area contributed by atoms with E-state index in [1.165, 1.54) is 19.3 Å². The van der Waals surface area contributed by atoms with Gasteiger partial charge < -0.3 is 15.5 Å². The monoisotopic (exact) mass is 382 g/mol. The summed E-state index contributed by atoms with van der Waals surface area (Å²) in [6.07, 6.45) is 4.50. The summed E-state index contributed by atoms with van der Waals surface area (Å²) in [7, 11) is 0. The molecule has 1 aromatic carbocycles. The van der Waals surface area contributed by atoms with Gasteiger partial charge in [0.05, 0.1) is 0 Å². The van der Waals surface area contributed by atoms with E-state index in [0.717, 1.165) is 30.8 Å². The van der Waals surface area contributed by atoms with Crippen LogP contribution >= 0.6 is 0 Å². The predicted molar refractivity (Wildman–Crippen MR) is 102 cm³/mol. The average molecular weight is 382 g/mol. The third-order valence-electron chi connectivity index (χ3n) is 6.85. The van der Waals surface area contributed by atoms with Gasteiger partial charge in [-0.3, -0.25) is 19.7 Å². The Kier molecular flexibility index (Phi) is 4.25. The Morgan fingerprint density at radius 2 is 2.04 bits per heavy atom. The summed E-state index contributed by atoms with van der Waals surface area (Å²) in [4.78, 5) is 38.0. The molecule has 3 aliphatic heterocycles. The number of nitrogens with zero attached hydrogens (tertiary/aromatic N) is 1. The number of piperidine rings is 1. The highest BCUT2D eigenvalue weighted by Gasteiger charge is 2.51. The highest BCUT2D eigenvalue weighted by atomic mass is 16.2. The molecule has 7 nitrogen and oxygen atoms in total. The number of benzene rings is 1. The molecule has 4 aliphatic rings. The van der Waals surface area contributed by atoms with E-state index in [1.54, 1.807) is 4.90 Å². The SMILES string of the molecule is O=C1CCC(N2Cc3ccc(CNCC4CCNC45CC5)cc3C2=O)C(=O)N1. The Labute approximate surface area is 164 Å². The minimum Gasteiger partial charge on any atom is -0.322 e. The number of amides is 3. The second kappa shape index (κ2) is 6.67. The smallest absolute Gasteiger partial charge is 0.255 e. The van der Waals surface area contributed by atoms with Crippen LogP contribution in [0.5, 0.6) is 0 Å². The third-order valence-corrected chi connectivity index (χ3v) is 6.85. The van der Waals surface area contributed by atoms with E-state index >= 15 is 0 Å². The first-order chi connectivity index (χ1) is 13.6. The first-order valence-electron chi connectivity index (χ1n) is 10.3. The number of carbonyl (C=O) groups is 3. The van der Waals surface area contributed by atoms with Crippen molar-refractivity contribution in [1.82, 2.24) is 20.9 Å². The molecule has 3 N–H and O–H groups in total. The molecule has 7 heteroatoms. The summed E-state index contributed by atoms with van der Waals surface area (Å²) in [6, 6.07) is 5.46. The average Bonchev–Trinajstić information content (AvgIpc) is 3.24. The van der Waals surface area contributed by atoms with Crippen molar-refractivity contribution in [2.24, 2.45) is 5.92 Å². The Balaban J connectivity index is 1.22. The summed E-state index contributed by atoms with van der Waals surface area (Å²) in [5.41, 5.74) is 3.14. The standard InChI is InChI=1S/C21H26N4O3/c26-18-4-3-17(19(27)24-18)25-12-14-2-1-13(9-16(14)20(25)28)10-22-11-15-5-8-23-21(15)6-7-21/h1-2,9,15,17,22-23H,3-8,10-12H2,(H,24,26,27). The van der Waals surface area contributed by atoms with E-state index in [0.29, 0.717) is 30.0 Å². The predicted octanol–water partition coefficient (Wildman–Crippen LogP) is 0.679. The largest absolute Gasteiger partial charge is 0.322 e. The van der Waals surface area contributed by atoms with Crippen LogP contribution < -0.4 is 16.0 Å². The fraction of sp³-hybridized carbons (Fsp3) is 0.571. The van der Waals surface area contributed by atoms with Gasteiger partial charge in [0.2, 0.25) is 11.8 Å². The lowest BCUT2D eigenvalue weighted by Gasteiger charge is -2.29. The Bertz CT molecular complexity index is 848. The van der Waals surface area contributed by atoms with E-state index in [1.807, 2.05) is 12.1 Å². The first kappa shape index (κ1) is 17.8. The Morgan fingerprint density at radius 1 is 1.18 bits per heavy atom. The lowest BCUT2D eigenvalue weighted by Crippen LogP contribution is -2.52. The highest BCUT2D eigenvalue weighted by molar-refractivity contribution is 6.05. The third kappa shape index (κ3) is 3.02. The van der Waals surface area contributed by atoms with E-state index in [9.17, 15) is 14.4 Å². The Hall–Kier alpha value is -2.25. The second-order valence-electron chi connectivity index (χ2n) is 8.59. The Morgan fingerprint density at radius 3 is 2.82 bits per heavy atom. The van der Waals surface area contributed by atoms with Crippen molar-refractivity contribution < 1.29 is 14.4 Å². The normalized spacial score (nSPS) is 28.0. The van der Waals surface area contributed by atoms with E-state index in [-0.39, 0.29) is 24.1 Å². The number of nitrogens with one attached hydrogen (secondary N) is 3. The zero-order valence-corrected chi connectivity index (χ0v) is 15.9. The van der Waals surface area contributed by atoms with Crippen molar-refractivity contribution in [2.45, 2.75) is 56.8 Å². The van der Waals surface area contributed by atoms with Crippen LogP contribution in [0, 0.1) is 5.92 Å². The quantitative estimate of drug-likeness (QED) is 0.652. The van der Waals surface area contributed by atoms with Gasteiger partial charge in [-0.2, -0.15) is 0 Å². The van der Waals surface area contributed by atoms with Gasteiger partial charge >= 0.3 is 0 Å². The topological polar surface area (TPSA) is 90.5 Å². The van der Waals surface area contributed by atoms with Crippen molar-refractivity contribution in [1.29, 1.82) is 0 Å². The maximum atomic E-state index is 12.9. The summed E-state index contributed by atoms with van der Waals surface area (Å²) in [5.74, 6) is -0.0301. The number of fused-ring (bicyclic) bond motifs is 1. The molecular formula is C21H26N4O3. The van der Waals surface area contributed by atoms with Crippen LogP contribution in [-0.2, 0) is 22.7 Å². The molecule has 28 heavy (non-hydrogen) atoms. The van der Waals surface area contributed by atoms with E-state index < -0.39 is 6.04 Å². The molecule has 0 radical (unpaired) electrons. The molecule has 5 rings (SSSR count). The molecule has 1 aromatic rings. The molecule has 0 aromatic heterocycles. The molecular weight excluding hydrogens is 356 g/mol. The van der Waals surface area contributed by atoms with E-state index in [4.69, 9.17) is 0 Å². The lowest BCUT2D eigenvalue weighted by molar-refractivity contribution is -0.136. The van der Waals surface area contributed by atoms with E-state index in [2.05, 4.69) is 22.0 Å². The van der Waals surface area contributed by atoms with Crippen molar-refractivity contribution in [2.75, 3.05) is 13.1 Å². The number of hydrogen-bond donors (Lipinski definition) is 3. The summed E-state index contributed by atoms with van der Waals surface area (Å²) < 4.78 is 0. The van der Waals surface area contributed by atoms with Gasteiger partial charge in [0.25, 0.3) is 5.91 Å². The molecule has 1 saturated carbocycles. The van der Waals surface area contributed by atoms with Crippen molar-refractivity contribution in [3.8, 4) is 0 Å². The number of carbonyl (C=O) groups excluding carboxylic acids is 3. The molecule has 2 unspecified atom stereocenters. The summed E-state index contributed by atoms with van der Waals surface area (Å²) in [6.45, 7) is 3.30. The lowest BCUT2D eigenvalue weighted by atomic mass is 9.98. The molecule has 148 valence electrons. The molecule has 3 heterocycles. The van der Waals surface area contributed by atoms with Gasteiger partial charge in [-0.1, -0.05) is 12.1 Å². The van der Waals surface area contributed by atoms with Crippen LogP contribution in [0.3, 0.4) is 0 Å². The molecule has 3 amide bonds. The van der Waals surface area contributed by atoms with Gasteiger partial charge in [-0.05, 0) is 55.3 Å². The van der Waals surface area contributed by atoms with Crippen LogP contribution in [0.15, 0.2) is 18.2 Å². The highest BCUT2D eigenvalue weighted by Crippen LogP contribution is 2.46. The minimum atomic E-state index is -0.552. The number of hydrogen-bond acceptors (Lipinski definition) is 5. The van der Waals surface area contributed by atoms with Crippen molar-refractivity contribution in [3.63, 3.8) is 0 Å². The minimum absolute atomic E-state index is 0.108. The van der Waals surface area contributed by atoms with Crippen LogP contribution in [0.1, 0.15) is 53.6 Å². The number of rotatable bonds is 5. The second-order valence-corrected chi connectivity index (χ2v) is 8.59. The van der Waals surface area contributed by atoms with Gasteiger partial charge in [0.15, 0.2) is 0 Å². The fourth-order valence-corrected chi connectivity index (χ4v) is 5.04. The zero-order chi connectivity index (χ0) is 19.3. The molecule has 1 spiro atoms. The molecule has 2 atom stereocenters. The maximum Gasteiger partial charge on any atom is 0.255 e. The summed E-state index contributed by atoms with van der Waals surface area (Å²) >= 11 is 0. The van der Waals surface area contributed by atoms with Gasteiger partial charge in [0, 0.05) is 37.2 Å². The van der Waals surface area contributed by atoms with Crippen LogP contribution in [0.4, 0.5) is 0 Å². The van der Waals surface area contributed by atoms with Crippen LogP contribution in [0.2, 0.25) is 0 Å².